The smallest absolute Gasteiger partial charge is 0.272 e. The summed E-state index contributed by atoms with van der Waals surface area (Å²) >= 11 is 0. The summed E-state index contributed by atoms with van der Waals surface area (Å²) in [6, 6.07) is 10.1. The Morgan fingerprint density at radius 2 is 1.94 bits per heavy atom. The van der Waals surface area contributed by atoms with Crippen LogP contribution in [0, 0.1) is 0 Å². The van der Waals surface area contributed by atoms with Crippen LogP contribution in [0.4, 0.5) is 0 Å². The van der Waals surface area contributed by atoms with Crippen molar-refractivity contribution >= 4 is 12.0 Å². The van der Waals surface area contributed by atoms with E-state index in [9.17, 15) is 4.79 Å². The van der Waals surface area contributed by atoms with E-state index in [4.69, 9.17) is 5.73 Å². The predicted octanol–water partition coefficient (Wildman–Crippen LogP) is 1.26. The molecular weight excluding hydrogens is 200 g/mol. The molecule has 1 aromatic carbocycles. The van der Waals surface area contributed by atoms with E-state index in [0.29, 0.717) is 11.0 Å². The molecule has 0 saturated carbocycles. The van der Waals surface area contributed by atoms with Crippen molar-refractivity contribution in [3.8, 4) is 0 Å². The van der Waals surface area contributed by atoms with Gasteiger partial charge in [0.25, 0.3) is 5.91 Å². The van der Waals surface area contributed by atoms with Crippen molar-refractivity contribution in [2.75, 3.05) is 27.2 Å². The first kappa shape index (κ1) is 12.5. The van der Waals surface area contributed by atoms with E-state index in [-0.39, 0.29) is 5.91 Å². The molecule has 0 aliphatic carbocycles. The molecule has 0 heterocycles. The van der Waals surface area contributed by atoms with E-state index in [2.05, 4.69) is 12.2 Å². The van der Waals surface area contributed by atoms with Gasteiger partial charge >= 0.3 is 0 Å². The van der Waals surface area contributed by atoms with Crippen LogP contribution in [0.1, 0.15) is 5.56 Å². The third-order valence-electron chi connectivity index (χ3n) is 2.29. The van der Waals surface area contributed by atoms with Gasteiger partial charge in [-0.2, -0.15) is 0 Å². The molecule has 1 aromatic rings. The molecule has 1 rings (SSSR count). The zero-order valence-electron chi connectivity index (χ0n) is 9.89. The summed E-state index contributed by atoms with van der Waals surface area (Å²) in [5.41, 5.74) is 6.35. The van der Waals surface area contributed by atoms with Gasteiger partial charge in [-0.3, -0.25) is 4.79 Å². The van der Waals surface area contributed by atoms with E-state index < -0.39 is 0 Å². The molecule has 1 amide bonds. The molecule has 3 nitrogen and oxygen atoms in total. The molecule has 0 atom stereocenters. The second-order valence-corrected chi connectivity index (χ2v) is 4.56. The maximum atomic E-state index is 10.8. The van der Waals surface area contributed by atoms with Crippen LogP contribution >= 0.6 is 0 Å². The first-order valence-electron chi connectivity index (χ1n) is 5.31. The van der Waals surface area contributed by atoms with Crippen molar-refractivity contribution in [3.05, 3.63) is 42.0 Å². The number of carbonyl (C=O) groups is 1. The van der Waals surface area contributed by atoms with E-state index in [0.717, 1.165) is 6.54 Å². The standard InChI is InChI=1S/C13H18N2O/c1-15(2,11-13(14)16)10-6-9-12-7-4-3-5-8-12/h3-9H,10-11H2,1-2H3,(H-,14,16)/p+1/b9-6+. The summed E-state index contributed by atoms with van der Waals surface area (Å²) in [7, 11) is 3.97. The van der Waals surface area contributed by atoms with Gasteiger partial charge in [0, 0.05) is 0 Å². The molecule has 86 valence electrons. The normalized spacial score (nSPS) is 11.9. The monoisotopic (exact) mass is 219 g/mol. The second kappa shape index (κ2) is 5.47. The van der Waals surface area contributed by atoms with Gasteiger partial charge in [-0.05, 0) is 11.6 Å². The van der Waals surface area contributed by atoms with Gasteiger partial charge in [0.15, 0.2) is 6.54 Å². The number of hydrogen-bond acceptors (Lipinski definition) is 1. The quantitative estimate of drug-likeness (QED) is 0.744. The molecule has 0 bridgehead atoms. The number of primary amides is 1. The van der Waals surface area contributed by atoms with Crippen molar-refractivity contribution in [3.63, 3.8) is 0 Å². The Balaban J connectivity index is 2.51. The fourth-order valence-corrected chi connectivity index (χ4v) is 1.52. The Kier molecular flexibility index (Phi) is 4.26. The lowest BCUT2D eigenvalue weighted by Crippen LogP contribution is -2.45. The number of nitrogens with two attached hydrogens (primary N) is 1. The highest BCUT2D eigenvalue weighted by molar-refractivity contribution is 5.74. The number of likely N-dealkylation sites (N-methyl/N-ethyl adjacent to an activating group) is 1. The van der Waals surface area contributed by atoms with Crippen molar-refractivity contribution < 1.29 is 9.28 Å². The SMILES string of the molecule is C[N+](C)(C/C=C/c1ccccc1)CC(N)=O. The molecule has 0 unspecified atom stereocenters. The summed E-state index contributed by atoms with van der Waals surface area (Å²) in [5, 5.41) is 0. The third-order valence-corrected chi connectivity index (χ3v) is 2.29. The summed E-state index contributed by atoms with van der Waals surface area (Å²) in [6.07, 6.45) is 4.12. The zero-order chi connectivity index (χ0) is 12.0. The van der Waals surface area contributed by atoms with Gasteiger partial charge in [-0.15, -0.1) is 0 Å². The lowest BCUT2D eigenvalue weighted by Gasteiger charge is -2.26. The summed E-state index contributed by atoms with van der Waals surface area (Å²) in [5.74, 6) is -0.266. The van der Waals surface area contributed by atoms with Crippen molar-refractivity contribution in [2.45, 2.75) is 0 Å². The number of quaternary nitrogens is 1. The van der Waals surface area contributed by atoms with Crippen LogP contribution in [0.25, 0.3) is 6.08 Å². The predicted molar refractivity (Wildman–Crippen MR) is 66.5 cm³/mol. The molecule has 0 radical (unpaired) electrons. The lowest BCUT2D eigenvalue weighted by molar-refractivity contribution is -0.876. The first-order chi connectivity index (χ1) is 7.49. The minimum absolute atomic E-state index is 0.266. The van der Waals surface area contributed by atoms with Crippen LogP contribution in [-0.4, -0.2) is 37.6 Å². The molecule has 0 fully saturated rings. The largest absolute Gasteiger partial charge is 0.365 e. The van der Waals surface area contributed by atoms with Crippen LogP contribution in [0.5, 0.6) is 0 Å². The van der Waals surface area contributed by atoms with Crippen molar-refractivity contribution in [2.24, 2.45) is 5.73 Å². The molecule has 0 spiro atoms. The average Bonchev–Trinajstić information content (AvgIpc) is 2.16. The van der Waals surface area contributed by atoms with Crippen LogP contribution in [0.15, 0.2) is 36.4 Å². The number of amides is 1. The lowest BCUT2D eigenvalue weighted by atomic mass is 10.2. The fourth-order valence-electron chi connectivity index (χ4n) is 1.52. The second-order valence-electron chi connectivity index (χ2n) is 4.56. The Morgan fingerprint density at radius 3 is 2.50 bits per heavy atom. The van der Waals surface area contributed by atoms with Crippen LogP contribution < -0.4 is 5.73 Å². The van der Waals surface area contributed by atoms with Gasteiger partial charge < -0.3 is 10.2 Å². The van der Waals surface area contributed by atoms with Gasteiger partial charge in [0.1, 0.15) is 0 Å². The van der Waals surface area contributed by atoms with Gasteiger partial charge in [0.05, 0.1) is 20.6 Å². The van der Waals surface area contributed by atoms with E-state index in [1.807, 2.05) is 44.4 Å². The molecule has 0 aliphatic rings. The maximum Gasteiger partial charge on any atom is 0.272 e. The minimum atomic E-state index is -0.266. The van der Waals surface area contributed by atoms with Crippen molar-refractivity contribution in [1.82, 2.24) is 0 Å². The van der Waals surface area contributed by atoms with Crippen LogP contribution in [0.2, 0.25) is 0 Å². The Labute approximate surface area is 96.8 Å². The third kappa shape index (κ3) is 4.75. The van der Waals surface area contributed by atoms with Gasteiger partial charge in [-0.25, -0.2) is 0 Å². The number of benzene rings is 1. The van der Waals surface area contributed by atoms with E-state index in [1.54, 1.807) is 0 Å². The minimum Gasteiger partial charge on any atom is -0.365 e. The number of rotatable bonds is 5. The summed E-state index contributed by atoms with van der Waals surface area (Å²) in [6.45, 7) is 1.15. The van der Waals surface area contributed by atoms with E-state index >= 15 is 0 Å². The molecule has 16 heavy (non-hydrogen) atoms. The average molecular weight is 219 g/mol. The molecule has 0 aromatic heterocycles. The highest BCUT2D eigenvalue weighted by Crippen LogP contribution is 2.03. The molecule has 3 heteroatoms. The highest BCUT2D eigenvalue weighted by atomic mass is 16.1. The van der Waals surface area contributed by atoms with Crippen LogP contribution in [-0.2, 0) is 4.79 Å². The number of hydrogen-bond donors (Lipinski definition) is 1. The molecular formula is C13H19N2O+. The maximum absolute atomic E-state index is 10.8. The number of carbonyl (C=O) groups excluding carboxylic acids is 1. The van der Waals surface area contributed by atoms with E-state index in [1.165, 1.54) is 5.56 Å². The Morgan fingerprint density at radius 1 is 1.31 bits per heavy atom. The highest BCUT2D eigenvalue weighted by Gasteiger charge is 2.15. The fraction of sp³-hybridized carbons (Fsp3) is 0.308. The topological polar surface area (TPSA) is 43.1 Å². The molecule has 2 N–H and O–H groups in total. The number of nitrogens with zero attached hydrogens (tertiary/aromatic N) is 1. The molecule has 0 aliphatic heterocycles. The summed E-state index contributed by atoms with van der Waals surface area (Å²) in [4.78, 5) is 10.8. The first-order valence-corrected chi connectivity index (χ1v) is 5.31. The summed E-state index contributed by atoms with van der Waals surface area (Å²) < 4.78 is 0.582. The zero-order valence-corrected chi connectivity index (χ0v) is 9.89. The van der Waals surface area contributed by atoms with Crippen LogP contribution in [0.3, 0.4) is 0 Å². The Bertz CT molecular complexity index is 369. The molecule has 0 saturated heterocycles. The van der Waals surface area contributed by atoms with Gasteiger partial charge in [0.2, 0.25) is 0 Å². The van der Waals surface area contributed by atoms with Gasteiger partial charge in [-0.1, -0.05) is 36.4 Å². The van der Waals surface area contributed by atoms with Crippen molar-refractivity contribution in [1.29, 1.82) is 0 Å². The Hall–Kier alpha value is -1.61.